The number of piperidine rings is 1. The van der Waals surface area contributed by atoms with Crippen molar-refractivity contribution in [1.82, 2.24) is 14.9 Å². The number of rotatable bonds is 12. The molecule has 47 heavy (non-hydrogen) atoms. The first kappa shape index (κ1) is 32.7. The summed E-state index contributed by atoms with van der Waals surface area (Å²) in [5.41, 5.74) is 4.22. The molecule has 0 bridgehead atoms. The zero-order chi connectivity index (χ0) is 32.8. The van der Waals surface area contributed by atoms with E-state index in [1.165, 1.54) is 6.07 Å². The van der Waals surface area contributed by atoms with Gasteiger partial charge in [0.25, 0.3) is 0 Å². The molecule has 2 heterocycles. The summed E-state index contributed by atoms with van der Waals surface area (Å²) in [7, 11) is -1.72. The van der Waals surface area contributed by atoms with E-state index in [1.807, 2.05) is 73.7 Å². The van der Waals surface area contributed by atoms with Gasteiger partial charge in [0.15, 0.2) is 11.5 Å². The van der Waals surface area contributed by atoms with Crippen molar-refractivity contribution in [2.75, 3.05) is 19.7 Å². The maximum Gasteiger partial charge on any atom is 0.512 e. The predicted molar refractivity (Wildman–Crippen MR) is 176 cm³/mol. The van der Waals surface area contributed by atoms with E-state index in [2.05, 4.69) is 14.9 Å². The molecule has 5 aromatic rings. The van der Waals surface area contributed by atoms with Crippen LogP contribution in [0.1, 0.15) is 42.0 Å². The summed E-state index contributed by atoms with van der Waals surface area (Å²) in [6.45, 7) is 5.09. The molecule has 1 saturated heterocycles. The topological polar surface area (TPSA) is 76.7 Å². The van der Waals surface area contributed by atoms with Crippen molar-refractivity contribution in [2.45, 2.75) is 51.4 Å². The number of likely N-dealkylation sites (tertiary alicyclic amines) is 1. The average molecular weight is 663 g/mol. The second-order valence-electron chi connectivity index (χ2n) is 11.6. The van der Waals surface area contributed by atoms with Crippen LogP contribution < -0.4 is 9.47 Å². The smallest absolute Gasteiger partial charge is 0.486 e. The van der Waals surface area contributed by atoms with Crippen molar-refractivity contribution < 1.29 is 31.7 Å². The van der Waals surface area contributed by atoms with E-state index >= 15 is 0 Å². The second kappa shape index (κ2) is 14.7. The van der Waals surface area contributed by atoms with Crippen LogP contribution in [0.25, 0.3) is 22.4 Å². The van der Waals surface area contributed by atoms with Crippen molar-refractivity contribution in [3.8, 4) is 22.9 Å². The highest BCUT2D eigenvalue weighted by Crippen LogP contribution is 2.33. The van der Waals surface area contributed by atoms with E-state index < -0.39 is 19.8 Å². The number of hydrogen-bond donors (Lipinski definition) is 1. The first-order valence-electron chi connectivity index (χ1n) is 15.7. The van der Waals surface area contributed by atoms with Gasteiger partial charge in [0.1, 0.15) is 18.5 Å². The molecule has 244 valence electrons. The zero-order valence-corrected chi connectivity index (χ0v) is 26.9. The average Bonchev–Trinajstić information content (AvgIpc) is 3.49. The fourth-order valence-electron chi connectivity index (χ4n) is 5.74. The maximum atomic E-state index is 13.2. The predicted octanol–water partition coefficient (Wildman–Crippen LogP) is 9.15. The van der Waals surface area contributed by atoms with Gasteiger partial charge in [-0.25, -0.2) is 4.98 Å². The number of aromatic amines is 1. The van der Waals surface area contributed by atoms with Gasteiger partial charge in [0.2, 0.25) is 6.16 Å². The second-order valence-corrected chi connectivity index (χ2v) is 12.8. The maximum absolute atomic E-state index is 13.2. The Balaban J connectivity index is 1.02. The minimum absolute atomic E-state index is 0.0549. The molecule has 0 spiro atoms. The summed E-state index contributed by atoms with van der Waals surface area (Å²) in [6, 6.07) is 26.7. The highest BCUT2D eigenvalue weighted by atomic mass is 31.1. The number of halogens is 3. The molecule has 11 heteroatoms. The molecule has 7 nitrogen and oxygen atoms in total. The van der Waals surface area contributed by atoms with Crippen LogP contribution in [-0.4, -0.2) is 40.7 Å². The molecule has 1 aliphatic heterocycles. The molecule has 1 atom stereocenters. The molecule has 1 aliphatic rings. The first-order chi connectivity index (χ1) is 22.7. The van der Waals surface area contributed by atoms with Gasteiger partial charge in [0.05, 0.1) is 23.2 Å². The lowest BCUT2D eigenvalue weighted by Crippen LogP contribution is -2.37. The number of imidazole rings is 1. The van der Waals surface area contributed by atoms with Crippen molar-refractivity contribution >= 4 is 19.1 Å². The van der Waals surface area contributed by atoms with E-state index in [-0.39, 0.29) is 6.10 Å². The molecule has 4 aromatic carbocycles. The molecule has 1 aromatic heterocycles. The Bertz CT molecular complexity index is 1840. The lowest BCUT2D eigenvalue weighted by atomic mass is 10.1. The van der Waals surface area contributed by atoms with Gasteiger partial charge in [-0.1, -0.05) is 48.5 Å². The molecule has 0 aliphatic carbocycles. The number of ether oxygens (including phenoxy) is 2. The largest absolute Gasteiger partial charge is 0.512 e. The molecule has 0 amide bonds. The van der Waals surface area contributed by atoms with Crippen molar-refractivity contribution in [1.29, 1.82) is 0 Å². The van der Waals surface area contributed by atoms with Gasteiger partial charge in [0, 0.05) is 30.8 Å². The number of fused-ring (bicyclic) bond motifs is 1. The summed E-state index contributed by atoms with van der Waals surface area (Å²) in [6.07, 6.45) is -2.26. The Labute approximate surface area is 272 Å². The Morgan fingerprint density at radius 3 is 2.45 bits per heavy atom. The molecular formula is C36H36F3N3O4P+. The monoisotopic (exact) mass is 662 g/mol. The van der Waals surface area contributed by atoms with E-state index in [0.717, 1.165) is 66.8 Å². The minimum Gasteiger partial charge on any atom is -0.486 e. The van der Waals surface area contributed by atoms with Crippen molar-refractivity contribution in [3.63, 3.8) is 0 Å². The minimum atomic E-state index is -4.41. The van der Waals surface area contributed by atoms with Crippen LogP contribution in [0.2, 0.25) is 0 Å². The number of benzene rings is 4. The van der Waals surface area contributed by atoms with Crippen LogP contribution in [0.5, 0.6) is 11.5 Å². The third kappa shape index (κ3) is 8.57. The molecule has 0 saturated carbocycles. The van der Waals surface area contributed by atoms with Gasteiger partial charge < -0.3 is 14.5 Å². The summed E-state index contributed by atoms with van der Waals surface area (Å²) >= 11 is 0. The van der Waals surface area contributed by atoms with Crippen LogP contribution in [-0.2, 0) is 34.6 Å². The number of hydrogen-bond acceptors (Lipinski definition) is 6. The van der Waals surface area contributed by atoms with E-state index in [9.17, 15) is 17.7 Å². The van der Waals surface area contributed by atoms with E-state index in [1.54, 1.807) is 6.07 Å². The highest BCUT2D eigenvalue weighted by molar-refractivity contribution is 7.38. The Hall–Kier alpha value is -4.24. The van der Waals surface area contributed by atoms with Gasteiger partial charge >= 0.3 is 14.2 Å². The number of alkyl halides is 3. The van der Waals surface area contributed by atoms with Gasteiger partial charge in [-0.3, -0.25) is 4.90 Å². The lowest BCUT2D eigenvalue weighted by Gasteiger charge is -2.32. The standard InChI is InChI=1S/C36H36F3N3O4P/c1-2-45-47(43)24-27-8-5-7-26(19-27)23-44-33-11-3-4-12-34(33)46-30-15-17-42(18-16-30)22-25-13-14-31-32(20-25)41-35(40-31)28-9-6-10-29(21-28)36(37,38)39/h3-14,19-21,30H,2,15-18,22-24H2,1H3,(H,40,41)/q+1. The molecular weight excluding hydrogens is 626 g/mol. The van der Waals surface area contributed by atoms with Crippen molar-refractivity contribution in [3.05, 3.63) is 113 Å². The normalized spacial score (nSPS) is 14.8. The molecule has 0 radical (unpaired) electrons. The van der Waals surface area contributed by atoms with Gasteiger partial charge in [-0.15, -0.1) is 4.52 Å². The Morgan fingerprint density at radius 1 is 0.894 bits per heavy atom. The lowest BCUT2D eigenvalue weighted by molar-refractivity contribution is -0.137. The number of nitrogens with zero attached hydrogens (tertiary/aromatic N) is 2. The van der Waals surface area contributed by atoms with Gasteiger partial charge in [-0.2, -0.15) is 13.2 Å². The van der Waals surface area contributed by atoms with Crippen LogP contribution in [0.3, 0.4) is 0 Å². The van der Waals surface area contributed by atoms with Gasteiger partial charge in [-0.05, 0) is 77.9 Å². The summed E-state index contributed by atoms with van der Waals surface area (Å²) < 4.78 is 69.4. The molecule has 1 unspecified atom stereocenters. The van der Waals surface area contributed by atoms with E-state index in [4.69, 9.17) is 14.0 Å². The molecule has 6 rings (SSSR count). The fourth-order valence-corrected chi connectivity index (χ4v) is 6.62. The highest BCUT2D eigenvalue weighted by Gasteiger charge is 2.30. The number of nitrogens with one attached hydrogen (secondary N) is 1. The van der Waals surface area contributed by atoms with Crippen LogP contribution in [0, 0.1) is 0 Å². The Kier molecular flexibility index (Phi) is 10.2. The SMILES string of the molecule is CCO[P+](=O)Cc1cccc(COc2ccccc2OC2CCN(Cc3ccc4nc(-c5cccc(C(F)(F)F)c5)[nH]c4c3)CC2)c1. The van der Waals surface area contributed by atoms with Crippen molar-refractivity contribution in [2.24, 2.45) is 0 Å². The number of aromatic nitrogens is 2. The number of para-hydroxylation sites is 2. The summed E-state index contributed by atoms with van der Waals surface area (Å²) in [5, 5.41) is 0. The van der Waals surface area contributed by atoms with E-state index in [0.29, 0.717) is 47.8 Å². The fraction of sp³-hybridized carbons (Fsp3) is 0.306. The number of H-pyrrole nitrogens is 1. The molecule has 1 fully saturated rings. The third-order valence-corrected chi connectivity index (χ3v) is 9.23. The summed E-state index contributed by atoms with van der Waals surface area (Å²) in [4.78, 5) is 10.1. The first-order valence-corrected chi connectivity index (χ1v) is 17.0. The zero-order valence-electron chi connectivity index (χ0n) is 26.0. The third-order valence-electron chi connectivity index (χ3n) is 8.06. The Morgan fingerprint density at radius 2 is 1.66 bits per heavy atom. The summed E-state index contributed by atoms with van der Waals surface area (Å²) in [5.74, 6) is 1.80. The quantitative estimate of drug-likeness (QED) is 0.134. The van der Waals surface area contributed by atoms with Crippen LogP contribution in [0.15, 0.2) is 91.0 Å². The van der Waals surface area contributed by atoms with Crippen LogP contribution in [0.4, 0.5) is 13.2 Å². The van der Waals surface area contributed by atoms with Crippen LogP contribution >= 0.6 is 8.03 Å². The molecule has 1 N–H and O–H groups in total.